The molecule has 0 atom stereocenters. The Kier molecular flexibility index (Phi) is 3.89. The smallest absolute Gasteiger partial charge is 0.409 e. The van der Waals surface area contributed by atoms with Crippen LogP contribution < -0.4 is 4.74 Å². The molecule has 0 unspecified atom stereocenters. The highest BCUT2D eigenvalue weighted by atomic mass is 35.5. The van der Waals surface area contributed by atoms with Gasteiger partial charge in [-0.15, -0.1) is 0 Å². The Labute approximate surface area is 106 Å². The quantitative estimate of drug-likeness (QED) is 0.766. The topological polar surface area (TPSA) is 29.5 Å². The summed E-state index contributed by atoms with van der Waals surface area (Å²) in [5.41, 5.74) is 0. The second-order valence-corrected chi connectivity index (χ2v) is 4.88. The second-order valence-electron chi connectivity index (χ2n) is 4.47. The van der Waals surface area contributed by atoms with Crippen molar-refractivity contribution in [3.05, 3.63) is 29.3 Å². The summed E-state index contributed by atoms with van der Waals surface area (Å²) in [6.07, 6.45) is 1.78. The van der Waals surface area contributed by atoms with Gasteiger partial charge in [0.05, 0.1) is 5.02 Å². The Morgan fingerprint density at radius 2 is 2.00 bits per heavy atom. The molecule has 0 radical (unpaired) electrons. The molecule has 0 aliphatic carbocycles. The SMILES string of the molecule is CC1CCN(C(=O)Oc2ccccc2Cl)CC1. The molecule has 1 aromatic rings. The minimum atomic E-state index is -0.301. The van der Waals surface area contributed by atoms with Gasteiger partial charge in [0.1, 0.15) is 0 Å². The summed E-state index contributed by atoms with van der Waals surface area (Å²) in [6.45, 7) is 3.74. The fraction of sp³-hybridized carbons (Fsp3) is 0.462. The molecule has 17 heavy (non-hydrogen) atoms. The lowest BCUT2D eigenvalue weighted by Crippen LogP contribution is -2.39. The maximum absolute atomic E-state index is 11.9. The van der Waals surface area contributed by atoms with Gasteiger partial charge in [0.25, 0.3) is 0 Å². The monoisotopic (exact) mass is 253 g/mol. The standard InChI is InChI=1S/C13H16ClNO2/c1-10-6-8-15(9-7-10)13(16)17-12-5-3-2-4-11(12)14/h2-5,10H,6-9H2,1H3. The summed E-state index contributed by atoms with van der Waals surface area (Å²) in [5, 5.41) is 0.464. The number of amides is 1. The number of carbonyl (C=O) groups excluding carboxylic acids is 1. The Morgan fingerprint density at radius 1 is 1.35 bits per heavy atom. The zero-order valence-electron chi connectivity index (χ0n) is 9.86. The van der Waals surface area contributed by atoms with Crippen molar-refractivity contribution < 1.29 is 9.53 Å². The third-order valence-corrected chi connectivity index (χ3v) is 3.39. The number of piperidine rings is 1. The van der Waals surface area contributed by atoms with Crippen molar-refractivity contribution in [3.8, 4) is 5.75 Å². The van der Waals surface area contributed by atoms with Gasteiger partial charge >= 0.3 is 6.09 Å². The zero-order valence-corrected chi connectivity index (χ0v) is 10.6. The van der Waals surface area contributed by atoms with Crippen molar-refractivity contribution in [2.75, 3.05) is 13.1 Å². The Morgan fingerprint density at radius 3 is 2.65 bits per heavy atom. The molecule has 3 nitrogen and oxygen atoms in total. The van der Waals surface area contributed by atoms with Crippen LogP contribution in [0.4, 0.5) is 4.79 Å². The molecule has 1 aliphatic heterocycles. The van der Waals surface area contributed by atoms with E-state index < -0.39 is 0 Å². The van der Waals surface area contributed by atoms with E-state index in [1.807, 2.05) is 6.07 Å². The van der Waals surface area contributed by atoms with Gasteiger partial charge in [-0.2, -0.15) is 0 Å². The van der Waals surface area contributed by atoms with Crippen molar-refractivity contribution in [1.29, 1.82) is 0 Å². The highest BCUT2D eigenvalue weighted by Gasteiger charge is 2.22. The minimum absolute atomic E-state index is 0.301. The number of ether oxygens (including phenoxy) is 1. The van der Waals surface area contributed by atoms with E-state index in [2.05, 4.69) is 6.92 Å². The van der Waals surface area contributed by atoms with Crippen molar-refractivity contribution in [3.63, 3.8) is 0 Å². The van der Waals surface area contributed by atoms with Crippen molar-refractivity contribution in [2.45, 2.75) is 19.8 Å². The van der Waals surface area contributed by atoms with Gasteiger partial charge in [0.15, 0.2) is 5.75 Å². The van der Waals surface area contributed by atoms with Crippen LogP contribution in [0.2, 0.25) is 5.02 Å². The van der Waals surface area contributed by atoms with Crippen LogP contribution in [0.3, 0.4) is 0 Å². The Balaban J connectivity index is 1.95. The summed E-state index contributed by atoms with van der Waals surface area (Å²) in [5.74, 6) is 1.12. The lowest BCUT2D eigenvalue weighted by atomic mass is 10.00. The fourth-order valence-electron chi connectivity index (χ4n) is 1.88. The first-order chi connectivity index (χ1) is 8.16. The van der Waals surface area contributed by atoms with E-state index in [-0.39, 0.29) is 6.09 Å². The molecule has 1 saturated heterocycles. The number of likely N-dealkylation sites (tertiary alicyclic amines) is 1. The number of halogens is 1. The van der Waals surface area contributed by atoms with Crippen molar-refractivity contribution in [2.24, 2.45) is 5.92 Å². The summed E-state index contributed by atoms with van der Waals surface area (Å²) in [6, 6.07) is 7.02. The molecule has 1 heterocycles. The predicted octanol–water partition coefficient (Wildman–Crippen LogP) is 3.57. The summed E-state index contributed by atoms with van der Waals surface area (Å²) in [4.78, 5) is 13.6. The Bertz CT molecular complexity index is 400. The van der Waals surface area contributed by atoms with E-state index in [4.69, 9.17) is 16.3 Å². The van der Waals surface area contributed by atoms with Crippen LogP contribution in [0.1, 0.15) is 19.8 Å². The van der Waals surface area contributed by atoms with E-state index in [0.717, 1.165) is 25.9 Å². The molecule has 4 heteroatoms. The molecular weight excluding hydrogens is 238 g/mol. The molecular formula is C13H16ClNO2. The number of hydrogen-bond acceptors (Lipinski definition) is 2. The summed E-state index contributed by atoms with van der Waals surface area (Å²) >= 11 is 5.93. The average Bonchev–Trinajstić information content (AvgIpc) is 2.33. The van der Waals surface area contributed by atoms with E-state index in [9.17, 15) is 4.79 Å². The second kappa shape index (κ2) is 5.41. The number of carbonyl (C=O) groups is 1. The van der Waals surface area contributed by atoms with Gasteiger partial charge in [-0.3, -0.25) is 0 Å². The predicted molar refractivity (Wildman–Crippen MR) is 67.4 cm³/mol. The first-order valence-corrected chi connectivity index (χ1v) is 6.26. The average molecular weight is 254 g/mol. The van der Waals surface area contributed by atoms with Gasteiger partial charge in [-0.05, 0) is 30.9 Å². The molecule has 0 saturated carbocycles. The highest BCUT2D eigenvalue weighted by molar-refractivity contribution is 6.32. The van der Waals surface area contributed by atoms with Gasteiger partial charge in [0, 0.05) is 13.1 Å². The van der Waals surface area contributed by atoms with Crippen molar-refractivity contribution in [1.82, 2.24) is 4.90 Å². The van der Waals surface area contributed by atoms with Crippen LogP contribution in [0.15, 0.2) is 24.3 Å². The summed E-state index contributed by atoms with van der Waals surface area (Å²) in [7, 11) is 0. The van der Waals surface area contributed by atoms with Gasteiger partial charge in [-0.25, -0.2) is 4.79 Å². The highest BCUT2D eigenvalue weighted by Crippen LogP contribution is 2.24. The molecule has 1 aliphatic rings. The minimum Gasteiger partial charge on any atom is -0.409 e. The molecule has 0 N–H and O–H groups in total. The molecule has 1 aromatic carbocycles. The molecule has 0 aromatic heterocycles. The number of nitrogens with zero attached hydrogens (tertiary/aromatic N) is 1. The van der Waals surface area contributed by atoms with Gasteiger partial charge in [-0.1, -0.05) is 30.7 Å². The van der Waals surface area contributed by atoms with Gasteiger partial charge < -0.3 is 9.64 Å². The lowest BCUT2D eigenvalue weighted by molar-refractivity contribution is 0.133. The number of para-hydroxylation sites is 1. The van der Waals surface area contributed by atoms with Crippen LogP contribution in [0.25, 0.3) is 0 Å². The fourth-order valence-corrected chi connectivity index (χ4v) is 2.05. The molecule has 1 fully saturated rings. The zero-order chi connectivity index (χ0) is 12.3. The molecule has 0 bridgehead atoms. The van der Waals surface area contributed by atoms with E-state index in [1.54, 1.807) is 23.1 Å². The van der Waals surface area contributed by atoms with Crippen LogP contribution in [-0.2, 0) is 0 Å². The number of hydrogen-bond donors (Lipinski definition) is 0. The first-order valence-electron chi connectivity index (χ1n) is 5.88. The first kappa shape index (κ1) is 12.2. The normalized spacial score (nSPS) is 16.9. The van der Waals surface area contributed by atoms with E-state index in [0.29, 0.717) is 16.7 Å². The van der Waals surface area contributed by atoms with Crippen LogP contribution >= 0.6 is 11.6 Å². The number of rotatable bonds is 1. The largest absolute Gasteiger partial charge is 0.415 e. The number of benzene rings is 1. The van der Waals surface area contributed by atoms with Crippen LogP contribution in [0.5, 0.6) is 5.75 Å². The lowest BCUT2D eigenvalue weighted by Gasteiger charge is -2.29. The maximum atomic E-state index is 11.9. The van der Waals surface area contributed by atoms with E-state index in [1.165, 1.54) is 0 Å². The third-order valence-electron chi connectivity index (χ3n) is 3.08. The molecule has 0 spiro atoms. The van der Waals surface area contributed by atoms with Crippen molar-refractivity contribution >= 4 is 17.7 Å². The molecule has 2 rings (SSSR count). The molecule has 1 amide bonds. The van der Waals surface area contributed by atoms with Gasteiger partial charge in [0.2, 0.25) is 0 Å². The summed E-state index contributed by atoms with van der Waals surface area (Å²) < 4.78 is 5.27. The van der Waals surface area contributed by atoms with Crippen LogP contribution in [0, 0.1) is 5.92 Å². The van der Waals surface area contributed by atoms with Crippen LogP contribution in [-0.4, -0.2) is 24.1 Å². The molecule has 92 valence electrons. The Hall–Kier alpha value is -1.22. The van der Waals surface area contributed by atoms with E-state index >= 15 is 0 Å². The third kappa shape index (κ3) is 3.13. The maximum Gasteiger partial charge on any atom is 0.415 e.